The van der Waals surface area contributed by atoms with E-state index in [1.165, 1.54) is 6.33 Å². The second-order valence-electron chi connectivity index (χ2n) is 2.96. The van der Waals surface area contributed by atoms with Gasteiger partial charge in [0, 0.05) is 6.42 Å². The molecule has 0 atom stereocenters. The third-order valence-corrected chi connectivity index (χ3v) is 1.72. The quantitative estimate of drug-likeness (QED) is 0.865. The first kappa shape index (κ1) is 10.6. The predicted molar refractivity (Wildman–Crippen MR) is 44.1 cm³/mol. The average Bonchev–Trinajstić information content (AvgIpc) is 2.84. The molecule has 0 amide bonds. The van der Waals surface area contributed by atoms with Gasteiger partial charge in [0.2, 0.25) is 11.7 Å². The smallest absolute Gasteiger partial charge is 0.339 e. The summed E-state index contributed by atoms with van der Waals surface area (Å²) >= 11 is 0. The second kappa shape index (κ2) is 3.91. The monoisotopic (exact) mass is 233 g/mol. The van der Waals surface area contributed by atoms with E-state index in [9.17, 15) is 13.2 Å². The van der Waals surface area contributed by atoms with Gasteiger partial charge in [-0.1, -0.05) is 5.16 Å². The number of rotatable bonds is 3. The van der Waals surface area contributed by atoms with Gasteiger partial charge in [0.25, 0.3) is 0 Å². The highest BCUT2D eigenvalue weighted by Gasteiger charge is 2.28. The van der Waals surface area contributed by atoms with E-state index in [2.05, 4.69) is 29.8 Å². The van der Waals surface area contributed by atoms with Gasteiger partial charge in [-0.3, -0.25) is 5.10 Å². The van der Waals surface area contributed by atoms with Crippen LogP contribution in [0.5, 0.6) is 0 Å². The number of halogens is 3. The summed E-state index contributed by atoms with van der Waals surface area (Å²) in [5.74, 6) is 0.264. The van der Waals surface area contributed by atoms with Crippen molar-refractivity contribution in [3.8, 4) is 11.6 Å². The van der Waals surface area contributed by atoms with Gasteiger partial charge in [0.1, 0.15) is 6.33 Å². The Labute approximate surface area is 86.9 Å². The Morgan fingerprint density at radius 2 is 2.19 bits per heavy atom. The lowest BCUT2D eigenvalue weighted by Gasteiger charge is -2.01. The molecule has 86 valence electrons. The van der Waals surface area contributed by atoms with Gasteiger partial charge in [-0.15, -0.1) is 0 Å². The zero-order chi connectivity index (χ0) is 11.6. The maximum Gasteiger partial charge on any atom is 0.389 e. The standard InChI is InChI=1S/C7H6F3N5O/c8-7(9,10)2-1-4-13-6(15-16-4)5-11-3-12-14-5/h3H,1-2H2,(H,11,12,14). The number of aromatic nitrogens is 5. The van der Waals surface area contributed by atoms with Gasteiger partial charge in [0.15, 0.2) is 5.82 Å². The van der Waals surface area contributed by atoms with Crippen LogP contribution in [0.25, 0.3) is 11.6 Å². The molecule has 1 N–H and O–H groups in total. The van der Waals surface area contributed by atoms with Crippen LogP contribution in [0.15, 0.2) is 10.9 Å². The molecule has 6 nitrogen and oxygen atoms in total. The largest absolute Gasteiger partial charge is 0.389 e. The van der Waals surface area contributed by atoms with Crippen molar-refractivity contribution in [1.29, 1.82) is 0 Å². The van der Waals surface area contributed by atoms with Crippen LogP contribution in [-0.4, -0.2) is 31.5 Å². The summed E-state index contributed by atoms with van der Waals surface area (Å²) in [5.41, 5.74) is 0. The molecular formula is C7H6F3N5O. The molecule has 0 radical (unpaired) electrons. The zero-order valence-corrected chi connectivity index (χ0v) is 7.82. The van der Waals surface area contributed by atoms with Crippen molar-refractivity contribution in [2.45, 2.75) is 19.0 Å². The molecular weight excluding hydrogens is 227 g/mol. The first-order chi connectivity index (χ1) is 7.54. The number of aryl methyl sites for hydroxylation is 1. The van der Waals surface area contributed by atoms with Crippen LogP contribution < -0.4 is 0 Å². The summed E-state index contributed by atoms with van der Waals surface area (Å²) in [6, 6.07) is 0. The lowest BCUT2D eigenvalue weighted by atomic mass is 10.3. The van der Waals surface area contributed by atoms with Crippen molar-refractivity contribution in [1.82, 2.24) is 25.3 Å². The summed E-state index contributed by atoms with van der Waals surface area (Å²) in [5, 5.41) is 9.50. The van der Waals surface area contributed by atoms with Crippen molar-refractivity contribution >= 4 is 0 Å². The van der Waals surface area contributed by atoms with Gasteiger partial charge < -0.3 is 4.52 Å². The molecule has 2 heterocycles. The first-order valence-electron chi connectivity index (χ1n) is 4.30. The molecule has 0 aliphatic heterocycles. The molecule has 0 bridgehead atoms. The van der Waals surface area contributed by atoms with Gasteiger partial charge >= 0.3 is 6.18 Å². The van der Waals surface area contributed by atoms with Crippen LogP contribution in [0.2, 0.25) is 0 Å². The Kier molecular flexibility index (Phi) is 2.59. The summed E-state index contributed by atoms with van der Waals surface area (Å²) < 4.78 is 40.3. The van der Waals surface area contributed by atoms with Crippen molar-refractivity contribution < 1.29 is 17.7 Å². The molecule has 16 heavy (non-hydrogen) atoms. The molecule has 0 fully saturated rings. The number of nitrogens with one attached hydrogen (secondary N) is 1. The minimum Gasteiger partial charge on any atom is -0.339 e. The van der Waals surface area contributed by atoms with Crippen LogP contribution in [0.4, 0.5) is 13.2 Å². The summed E-state index contributed by atoms with van der Waals surface area (Å²) in [6.07, 6.45) is -4.34. The number of hydrogen-bond acceptors (Lipinski definition) is 5. The van der Waals surface area contributed by atoms with Gasteiger partial charge in [-0.2, -0.15) is 23.3 Å². The average molecular weight is 233 g/mol. The molecule has 0 aromatic carbocycles. The van der Waals surface area contributed by atoms with E-state index >= 15 is 0 Å². The fourth-order valence-electron chi connectivity index (χ4n) is 1.01. The van der Waals surface area contributed by atoms with Gasteiger partial charge in [-0.25, -0.2) is 4.98 Å². The fraction of sp³-hybridized carbons (Fsp3) is 0.429. The highest BCUT2D eigenvalue weighted by atomic mass is 19.4. The molecule has 0 aliphatic rings. The molecule has 0 saturated carbocycles. The Morgan fingerprint density at radius 3 is 2.81 bits per heavy atom. The van der Waals surface area contributed by atoms with E-state index in [-0.39, 0.29) is 24.0 Å². The third kappa shape index (κ3) is 2.55. The lowest BCUT2D eigenvalue weighted by Crippen LogP contribution is -2.08. The summed E-state index contributed by atoms with van der Waals surface area (Å²) in [7, 11) is 0. The number of alkyl halides is 3. The predicted octanol–water partition coefficient (Wildman–Crippen LogP) is 1.35. The number of aromatic amines is 1. The zero-order valence-electron chi connectivity index (χ0n) is 7.82. The molecule has 2 rings (SSSR count). The van der Waals surface area contributed by atoms with Crippen molar-refractivity contribution in [2.24, 2.45) is 0 Å². The highest BCUT2D eigenvalue weighted by Crippen LogP contribution is 2.22. The Hall–Kier alpha value is -1.93. The Bertz CT molecular complexity index is 449. The SMILES string of the molecule is FC(F)(F)CCc1nc(-c2ncn[nH]2)no1. The van der Waals surface area contributed by atoms with Gasteiger partial charge in [-0.05, 0) is 0 Å². The van der Waals surface area contributed by atoms with Crippen molar-refractivity contribution in [3.05, 3.63) is 12.2 Å². The van der Waals surface area contributed by atoms with Crippen molar-refractivity contribution in [2.75, 3.05) is 0 Å². The van der Waals surface area contributed by atoms with E-state index in [0.717, 1.165) is 0 Å². The number of hydrogen-bond donors (Lipinski definition) is 1. The van der Waals surface area contributed by atoms with Crippen LogP contribution in [0, 0.1) is 0 Å². The Morgan fingerprint density at radius 1 is 1.38 bits per heavy atom. The molecule has 0 saturated heterocycles. The van der Waals surface area contributed by atoms with Crippen LogP contribution in [0.1, 0.15) is 12.3 Å². The molecule has 0 spiro atoms. The molecule has 2 aromatic rings. The Balaban J connectivity index is 2.03. The molecule has 2 aromatic heterocycles. The third-order valence-electron chi connectivity index (χ3n) is 1.72. The maximum absolute atomic E-state index is 11.9. The number of nitrogens with zero attached hydrogens (tertiary/aromatic N) is 4. The van der Waals surface area contributed by atoms with Crippen LogP contribution in [0.3, 0.4) is 0 Å². The van der Waals surface area contributed by atoms with Crippen molar-refractivity contribution in [3.63, 3.8) is 0 Å². The van der Waals surface area contributed by atoms with Crippen LogP contribution in [-0.2, 0) is 6.42 Å². The van der Waals surface area contributed by atoms with E-state index in [4.69, 9.17) is 0 Å². The lowest BCUT2D eigenvalue weighted by molar-refractivity contribution is -0.134. The minimum absolute atomic E-state index is 0.0799. The molecule has 9 heteroatoms. The number of H-pyrrole nitrogens is 1. The van der Waals surface area contributed by atoms with Crippen LogP contribution >= 0.6 is 0 Å². The first-order valence-corrected chi connectivity index (χ1v) is 4.30. The minimum atomic E-state index is -4.24. The van der Waals surface area contributed by atoms with E-state index in [1.54, 1.807) is 0 Å². The highest BCUT2D eigenvalue weighted by molar-refractivity contribution is 5.39. The summed E-state index contributed by atoms with van der Waals surface area (Å²) in [4.78, 5) is 7.48. The maximum atomic E-state index is 11.9. The van der Waals surface area contributed by atoms with E-state index in [1.807, 2.05) is 0 Å². The topological polar surface area (TPSA) is 80.5 Å². The van der Waals surface area contributed by atoms with Gasteiger partial charge in [0.05, 0.1) is 6.42 Å². The normalized spacial score (nSPS) is 11.9. The summed E-state index contributed by atoms with van der Waals surface area (Å²) in [6.45, 7) is 0. The molecule has 0 unspecified atom stereocenters. The molecule has 0 aliphatic carbocycles. The fourth-order valence-corrected chi connectivity index (χ4v) is 1.01. The second-order valence-corrected chi connectivity index (χ2v) is 2.96. The van der Waals surface area contributed by atoms with E-state index in [0.29, 0.717) is 0 Å². The van der Waals surface area contributed by atoms with E-state index < -0.39 is 12.6 Å².